The maximum absolute atomic E-state index is 9.97. The first-order valence-electron chi connectivity index (χ1n) is 3.22. The number of carbonyl (C=O) groups excluding carboxylic acids is 2. The summed E-state index contributed by atoms with van der Waals surface area (Å²) in [6.07, 6.45) is 2.97. The van der Waals surface area contributed by atoms with Crippen LogP contribution in [-0.4, -0.2) is 34.4 Å². The van der Waals surface area contributed by atoms with Gasteiger partial charge in [0.1, 0.15) is 11.4 Å². The van der Waals surface area contributed by atoms with E-state index < -0.39 is 0 Å². The summed E-state index contributed by atoms with van der Waals surface area (Å²) in [6.45, 7) is 0. The quantitative estimate of drug-likeness (QED) is 0.490. The van der Waals surface area contributed by atoms with Crippen molar-refractivity contribution in [3.05, 3.63) is 0 Å². The molecule has 1 saturated heterocycles. The summed E-state index contributed by atoms with van der Waals surface area (Å²) in [5.74, 6) is 0.720. The lowest BCUT2D eigenvalue weighted by molar-refractivity contribution is 0.552. The second-order valence-electron chi connectivity index (χ2n) is 2.05. The first-order valence-corrected chi connectivity index (χ1v) is 5.42. The highest BCUT2D eigenvalue weighted by Crippen LogP contribution is 2.30. The SMILES string of the molecule is O=C=NC1CSCSC1N=C=O. The lowest BCUT2D eigenvalue weighted by Gasteiger charge is -2.21. The molecule has 1 fully saturated rings. The van der Waals surface area contributed by atoms with Crippen molar-refractivity contribution in [3.8, 4) is 0 Å². The summed E-state index contributed by atoms with van der Waals surface area (Å²) in [5.41, 5.74) is 0. The van der Waals surface area contributed by atoms with Gasteiger partial charge in [0, 0.05) is 10.8 Å². The Kier molecular flexibility index (Phi) is 4.11. The van der Waals surface area contributed by atoms with Crippen LogP contribution in [0.15, 0.2) is 9.98 Å². The van der Waals surface area contributed by atoms with Crippen molar-refractivity contribution in [1.82, 2.24) is 0 Å². The highest BCUT2D eigenvalue weighted by molar-refractivity contribution is 8.16. The minimum atomic E-state index is -0.245. The molecule has 0 saturated carbocycles. The fourth-order valence-electron chi connectivity index (χ4n) is 0.824. The van der Waals surface area contributed by atoms with Crippen LogP contribution in [0.25, 0.3) is 0 Å². The third kappa shape index (κ3) is 2.50. The molecule has 1 rings (SSSR count). The molecule has 0 aromatic carbocycles. The topological polar surface area (TPSA) is 58.9 Å². The molecule has 0 radical (unpaired) electrons. The smallest absolute Gasteiger partial charge is 0.211 e. The number of thioether (sulfide) groups is 2. The van der Waals surface area contributed by atoms with E-state index in [1.165, 1.54) is 23.9 Å². The number of nitrogens with zero attached hydrogens (tertiary/aromatic N) is 2. The summed E-state index contributed by atoms with van der Waals surface area (Å²) >= 11 is 3.17. The lowest BCUT2D eigenvalue weighted by atomic mass is 10.3. The maximum Gasteiger partial charge on any atom is 0.236 e. The standard InChI is InChI=1S/C6H6N2O2S2/c9-2-7-5-1-11-4-12-6(5)8-3-10/h5-6H,1,4H2. The predicted molar refractivity (Wildman–Crippen MR) is 48.7 cm³/mol. The van der Waals surface area contributed by atoms with E-state index in [0.717, 1.165) is 10.8 Å². The molecule has 0 aromatic rings. The second-order valence-corrected chi connectivity index (χ2v) is 4.55. The highest BCUT2D eigenvalue weighted by atomic mass is 32.2. The van der Waals surface area contributed by atoms with Gasteiger partial charge in [-0.2, -0.15) is 9.98 Å². The van der Waals surface area contributed by atoms with Gasteiger partial charge in [0.05, 0.1) is 0 Å². The first kappa shape index (κ1) is 9.55. The Labute approximate surface area is 77.9 Å². The summed E-state index contributed by atoms with van der Waals surface area (Å²) in [5, 5.41) is 0.631. The molecule has 1 heterocycles. The van der Waals surface area contributed by atoms with E-state index in [4.69, 9.17) is 0 Å². The van der Waals surface area contributed by atoms with Gasteiger partial charge in [-0.05, 0) is 0 Å². The van der Waals surface area contributed by atoms with Gasteiger partial charge < -0.3 is 0 Å². The number of rotatable bonds is 2. The van der Waals surface area contributed by atoms with E-state index in [1.54, 1.807) is 11.8 Å². The number of hydrogen-bond donors (Lipinski definition) is 0. The third-order valence-electron chi connectivity index (χ3n) is 1.34. The van der Waals surface area contributed by atoms with Crippen LogP contribution in [0, 0.1) is 0 Å². The van der Waals surface area contributed by atoms with Crippen LogP contribution in [0.3, 0.4) is 0 Å². The Morgan fingerprint density at radius 3 is 2.67 bits per heavy atom. The molecule has 12 heavy (non-hydrogen) atoms. The molecule has 0 aliphatic carbocycles. The largest absolute Gasteiger partial charge is 0.236 e. The molecule has 2 atom stereocenters. The normalized spacial score (nSPS) is 28.3. The third-order valence-corrected chi connectivity index (χ3v) is 3.89. The van der Waals surface area contributed by atoms with Gasteiger partial charge in [-0.3, -0.25) is 0 Å². The van der Waals surface area contributed by atoms with Crippen LogP contribution in [0.5, 0.6) is 0 Å². The Hall–Kier alpha value is -0.540. The molecule has 0 aromatic heterocycles. The van der Waals surface area contributed by atoms with Gasteiger partial charge in [-0.15, -0.1) is 23.5 Å². The van der Waals surface area contributed by atoms with Crippen molar-refractivity contribution < 1.29 is 9.59 Å². The molecule has 4 nitrogen and oxygen atoms in total. The molecular weight excluding hydrogens is 196 g/mol. The Morgan fingerprint density at radius 1 is 1.25 bits per heavy atom. The number of aliphatic imine (C=N–C) groups is 2. The predicted octanol–water partition coefficient (Wildman–Crippen LogP) is 0.790. The van der Waals surface area contributed by atoms with E-state index in [2.05, 4.69) is 9.98 Å². The van der Waals surface area contributed by atoms with Crippen molar-refractivity contribution in [3.63, 3.8) is 0 Å². The monoisotopic (exact) mass is 202 g/mol. The van der Waals surface area contributed by atoms with Gasteiger partial charge in [-0.25, -0.2) is 9.59 Å². The summed E-state index contributed by atoms with van der Waals surface area (Å²) in [7, 11) is 0. The van der Waals surface area contributed by atoms with Crippen LogP contribution in [0.4, 0.5) is 0 Å². The van der Waals surface area contributed by atoms with Crippen LogP contribution < -0.4 is 0 Å². The van der Waals surface area contributed by atoms with Crippen molar-refractivity contribution >= 4 is 35.7 Å². The first-order chi connectivity index (χ1) is 5.88. The molecular formula is C6H6N2O2S2. The second kappa shape index (κ2) is 5.17. The molecule has 0 spiro atoms. The van der Waals surface area contributed by atoms with Crippen LogP contribution in [0.2, 0.25) is 0 Å². The van der Waals surface area contributed by atoms with Gasteiger partial charge in [0.2, 0.25) is 12.2 Å². The fourth-order valence-corrected chi connectivity index (χ4v) is 3.27. The van der Waals surface area contributed by atoms with Crippen molar-refractivity contribution in [2.75, 3.05) is 10.8 Å². The van der Waals surface area contributed by atoms with Crippen LogP contribution in [-0.2, 0) is 9.59 Å². The zero-order valence-corrected chi connectivity index (χ0v) is 7.73. The van der Waals surface area contributed by atoms with Crippen LogP contribution in [0.1, 0.15) is 0 Å². The summed E-state index contributed by atoms with van der Waals surface area (Å²) in [6, 6.07) is -0.215. The number of isocyanates is 2. The summed E-state index contributed by atoms with van der Waals surface area (Å²) in [4.78, 5) is 27.1. The zero-order valence-electron chi connectivity index (χ0n) is 6.10. The Morgan fingerprint density at radius 2 is 2.00 bits per heavy atom. The Bertz CT molecular complexity index is 220. The molecule has 0 N–H and O–H groups in total. The molecule has 0 amide bonds. The van der Waals surface area contributed by atoms with E-state index in [-0.39, 0.29) is 11.4 Å². The summed E-state index contributed by atoms with van der Waals surface area (Å²) < 4.78 is 0. The average Bonchev–Trinajstić information content (AvgIpc) is 2.09. The average molecular weight is 202 g/mol. The van der Waals surface area contributed by atoms with E-state index >= 15 is 0 Å². The van der Waals surface area contributed by atoms with Gasteiger partial charge >= 0.3 is 0 Å². The van der Waals surface area contributed by atoms with E-state index in [0.29, 0.717) is 0 Å². The molecule has 0 bridgehead atoms. The Balaban J connectivity index is 2.65. The van der Waals surface area contributed by atoms with Gasteiger partial charge in [-0.1, -0.05) is 0 Å². The fraction of sp³-hybridized carbons (Fsp3) is 0.667. The molecule has 1 aliphatic heterocycles. The lowest BCUT2D eigenvalue weighted by Crippen LogP contribution is -2.25. The molecule has 1 aliphatic rings. The van der Waals surface area contributed by atoms with Crippen molar-refractivity contribution in [1.29, 1.82) is 0 Å². The van der Waals surface area contributed by atoms with E-state index in [1.807, 2.05) is 0 Å². The van der Waals surface area contributed by atoms with Crippen LogP contribution >= 0.6 is 23.5 Å². The minimum Gasteiger partial charge on any atom is -0.211 e. The maximum atomic E-state index is 9.97. The zero-order chi connectivity index (χ0) is 8.81. The van der Waals surface area contributed by atoms with Gasteiger partial charge in [0.25, 0.3) is 0 Å². The van der Waals surface area contributed by atoms with Crippen molar-refractivity contribution in [2.45, 2.75) is 11.4 Å². The number of hydrogen-bond acceptors (Lipinski definition) is 6. The van der Waals surface area contributed by atoms with Gasteiger partial charge in [0.15, 0.2) is 0 Å². The van der Waals surface area contributed by atoms with Crippen molar-refractivity contribution in [2.24, 2.45) is 9.98 Å². The molecule has 2 unspecified atom stereocenters. The minimum absolute atomic E-state index is 0.215. The molecule has 6 heteroatoms. The van der Waals surface area contributed by atoms with E-state index in [9.17, 15) is 9.59 Å². The highest BCUT2D eigenvalue weighted by Gasteiger charge is 2.25. The molecule has 64 valence electrons.